The minimum Gasteiger partial charge on any atom is -0.341 e. The molecule has 1 aliphatic rings. The highest BCUT2D eigenvalue weighted by molar-refractivity contribution is 5.57. The number of nitrogens with one attached hydrogen (secondary N) is 1. The number of nitrogens with zero attached hydrogens (tertiary/aromatic N) is 3. The number of aryl methyl sites for hydroxylation is 1. The van der Waals surface area contributed by atoms with Crippen LogP contribution in [0.25, 0.3) is 0 Å². The number of hydrogen-bond donors (Lipinski definition) is 1. The van der Waals surface area contributed by atoms with E-state index >= 15 is 0 Å². The Labute approximate surface area is 126 Å². The summed E-state index contributed by atoms with van der Waals surface area (Å²) in [5.41, 5.74) is 2.06. The molecule has 0 saturated carbocycles. The lowest BCUT2D eigenvalue weighted by molar-refractivity contribution is 0.726. The number of anilines is 3. The van der Waals surface area contributed by atoms with Crippen LogP contribution in [0.4, 0.5) is 17.5 Å². The quantitative estimate of drug-likeness (QED) is 0.926. The second-order valence-electron chi connectivity index (χ2n) is 5.59. The number of hydrogen-bond acceptors (Lipinski definition) is 4. The SMILES string of the molecule is Cc1cc(Nc2ccccc2)nc(N2CCCCCC2)n1. The van der Waals surface area contributed by atoms with Gasteiger partial charge in [-0.2, -0.15) is 4.98 Å². The Balaban J connectivity index is 1.82. The van der Waals surface area contributed by atoms with Crippen molar-refractivity contribution in [2.45, 2.75) is 32.6 Å². The number of aromatic nitrogens is 2. The summed E-state index contributed by atoms with van der Waals surface area (Å²) in [5.74, 6) is 1.73. The van der Waals surface area contributed by atoms with E-state index in [1.165, 1.54) is 25.7 Å². The first kappa shape index (κ1) is 13.9. The Morgan fingerprint density at radius 3 is 2.38 bits per heavy atom. The van der Waals surface area contributed by atoms with E-state index in [0.29, 0.717) is 0 Å². The molecule has 0 aliphatic carbocycles. The second kappa shape index (κ2) is 6.57. The molecule has 0 radical (unpaired) electrons. The van der Waals surface area contributed by atoms with Crippen LogP contribution in [0.15, 0.2) is 36.4 Å². The summed E-state index contributed by atoms with van der Waals surface area (Å²) in [7, 11) is 0. The van der Waals surface area contributed by atoms with Crippen molar-refractivity contribution in [1.29, 1.82) is 0 Å². The Morgan fingerprint density at radius 2 is 1.67 bits per heavy atom. The van der Waals surface area contributed by atoms with Crippen LogP contribution in [0, 0.1) is 6.92 Å². The van der Waals surface area contributed by atoms with Gasteiger partial charge in [0.2, 0.25) is 5.95 Å². The molecule has 2 heterocycles. The molecule has 1 fully saturated rings. The standard InChI is InChI=1S/C17H22N4/c1-14-13-16(19-15-9-5-4-6-10-15)20-17(18-14)21-11-7-2-3-8-12-21/h4-6,9-10,13H,2-3,7-8,11-12H2,1H3,(H,18,19,20). The topological polar surface area (TPSA) is 41.1 Å². The number of benzene rings is 1. The van der Waals surface area contributed by atoms with E-state index in [-0.39, 0.29) is 0 Å². The van der Waals surface area contributed by atoms with Crippen LogP contribution in [-0.2, 0) is 0 Å². The van der Waals surface area contributed by atoms with E-state index in [2.05, 4.69) is 15.2 Å². The zero-order valence-corrected chi connectivity index (χ0v) is 12.5. The maximum Gasteiger partial charge on any atom is 0.227 e. The lowest BCUT2D eigenvalue weighted by atomic mass is 10.2. The summed E-state index contributed by atoms with van der Waals surface area (Å²) < 4.78 is 0. The van der Waals surface area contributed by atoms with Gasteiger partial charge in [0.15, 0.2) is 0 Å². The van der Waals surface area contributed by atoms with Crippen molar-refractivity contribution in [2.24, 2.45) is 0 Å². The summed E-state index contributed by atoms with van der Waals surface area (Å²) in [4.78, 5) is 11.6. The molecule has 1 saturated heterocycles. The molecule has 0 spiro atoms. The molecular formula is C17H22N4. The van der Waals surface area contributed by atoms with Gasteiger partial charge in [-0.15, -0.1) is 0 Å². The van der Waals surface area contributed by atoms with E-state index in [1.807, 2.05) is 43.3 Å². The summed E-state index contributed by atoms with van der Waals surface area (Å²) in [6.45, 7) is 4.15. The van der Waals surface area contributed by atoms with Gasteiger partial charge in [0.1, 0.15) is 5.82 Å². The lowest BCUT2D eigenvalue weighted by Gasteiger charge is -2.21. The fourth-order valence-corrected chi connectivity index (χ4v) is 2.70. The van der Waals surface area contributed by atoms with Crippen molar-refractivity contribution >= 4 is 17.5 Å². The smallest absolute Gasteiger partial charge is 0.227 e. The average Bonchev–Trinajstić information content (AvgIpc) is 2.77. The monoisotopic (exact) mass is 282 g/mol. The molecule has 3 rings (SSSR count). The van der Waals surface area contributed by atoms with Gasteiger partial charge in [-0.25, -0.2) is 4.98 Å². The maximum atomic E-state index is 4.70. The predicted molar refractivity (Wildman–Crippen MR) is 87.2 cm³/mol. The van der Waals surface area contributed by atoms with E-state index in [4.69, 9.17) is 4.98 Å². The fourth-order valence-electron chi connectivity index (χ4n) is 2.70. The van der Waals surface area contributed by atoms with Crippen LogP contribution >= 0.6 is 0 Å². The minimum absolute atomic E-state index is 0.857. The van der Waals surface area contributed by atoms with Gasteiger partial charge in [0, 0.05) is 30.5 Å². The Morgan fingerprint density at radius 1 is 0.952 bits per heavy atom. The fraction of sp³-hybridized carbons (Fsp3) is 0.412. The third-order valence-corrected chi connectivity index (χ3v) is 3.78. The van der Waals surface area contributed by atoms with Gasteiger partial charge in [-0.3, -0.25) is 0 Å². The maximum absolute atomic E-state index is 4.70. The summed E-state index contributed by atoms with van der Waals surface area (Å²) in [5, 5.41) is 3.36. The third-order valence-electron chi connectivity index (χ3n) is 3.78. The van der Waals surface area contributed by atoms with Gasteiger partial charge in [0.05, 0.1) is 0 Å². The summed E-state index contributed by atoms with van der Waals surface area (Å²) >= 11 is 0. The normalized spacial score (nSPS) is 15.6. The molecule has 0 atom stereocenters. The minimum atomic E-state index is 0.857. The van der Waals surface area contributed by atoms with Crippen LogP contribution in [0.3, 0.4) is 0 Å². The van der Waals surface area contributed by atoms with Gasteiger partial charge < -0.3 is 10.2 Å². The van der Waals surface area contributed by atoms with Crippen LogP contribution in [0.1, 0.15) is 31.4 Å². The molecule has 0 bridgehead atoms. The zero-order chi connectivity index (χ0) is 14.5. The van der Waals surface area contributed by atoms with Crippen molar-refractivity contribution in [3.8, 4) is 0 Å². The molecule has 1 aromatic heterocycles. The first-order valence-electron chi connectivity index (χ1n) is 7.74. The van der Waals surface area contributed by atoms with Gasteiger partial charge >= 0.3 is 0 Å². The molecule has 4 nitrogen and oxygen atoms in total. The van der Waals surface area contributed by atoms with Gasteiger partial charge in [0.25, 0.3) is 0 Å². The van der Waals surface area contributed by atoms with Crippen LogP contribution in [0.2, 0.25) is 0 Å². The van der Waals surface area contributed by atoms with Gasteiger partial charge in [-0.05, 0) is 31.9 Å². The largest absolute Gasteiger partial charge is 0.341 e. The predicted octanol–water partition coefficient (Wildman–Crippen LogP) is 3.91. The van der Waals surface area contributed by atoms with E-state index < -0.39 is 0 Å². The highest BCUT2D eigenvalue weighted by atomic mass is 15.3. The summed E-state index contributed by atoms with van der Waals surface area (Å²) in [6.07, 6.45) is 5.10. The molecule has 21 heavy (non-hydrogen) atoms. The van der Waals surface area contributed by atoms with E-state index in [1.54, 1.807) is 0 Å². The van der Waals surface area contributed by atoms with Crippen molar-refractivity contribution < 1.29 is 0 Å². The highest BCUT2D eigenvalue weighted by Gasteiger charge is 2.13. The van der Waals surface area contributed by atoms with E-state index in [9.17, 15) is 0 Å². The van der Waals surface area contributed by atoms with Crippen LogP contribution in [-0.4, -0.2) is 23.1 Å². The van der Waals surface area contributed by atoms with Gasteiger partial charge in [-0.1, -0.05) is 31.0 Å². The lowest BCUT2D eigenvalue weighted by Crippen LogP contribution is -2.26. The molecule has 110 valence electrons. The average molecular weight is 282 g/mol. The Hall–Kier alpha value is -2.10. The van der Waals surface area contributed by atoms with Crippen molar-refractivity contribution in [3.05, 3.63) is 42.1 Å². The number of para-hydroxylation sites is 1. The molecule has 0 unspecified atom stereocenters. The molecule has 1 aromatic carbocycles. The highest BCUT2D eigenvalue weighted by Crippen LogP contribution is 2.20. The number of rotatable bonds is 3. The second-order valence-corrected chi connectivity index (χ2v) is 5.59. The zero-order valence-electron chi connectivity index (χ0n) is 12.5. The third kappa shape index (κ3) is 3.72. The molecular weight excluding hydrogens is 260 g/mol. The molecule has 2 aromatic rings. The first-order chi connectivity index (χ1) is 10.3. The molecule has 1 aliphatic heterocycles. The van der Waals surface area contributed by atoms with Crippen molar-refractivity contribution in [3.63, 3.8) is 0 Å². The van der Waals surface area contributed by atoms with E-state index in [0.717, 1.165) is 36.2 Å². The summed E-state index contributed by atoms with van der Waals surface area (Å²) in [6, 6.07) is 12.1. The Bertz CT molecular complexity index is 575. The molecule has 0 amide bonds. The molecule has 1 N–H and O–H groups in total. The van der Waals surface area contributed by atoms with Crippen LogP contribution in [0.5, 0.6) is 0 Å². The first-order valence-corrected chi connectivity index (χ1v) is 7.74. The van der Waals surface area contributed by atoms with Crippen molar-refractivity contribution in [1.82, 2.24) is 9.97 Å². The molecule has 4 heteroatoms. The Kier molecular flexibility index (Phi) is 4.34. The van der Waals surface area contributed by atoms with Crippen LogP contribution < -0.4 is 10.2 Å². The van der Waals surface area contributed by atoms with Crippen molar-refractivity contribution in [2.75, 3.05) is 23.3 Å².